The number of carbonyl (C=O) groups is 2. The first kappa shape index (κ1) is 25.1. The minimum atomic E-state index is -4.71. The molecule has 4 rings (SSSR count). The number of ketones is 1. The highest BCUT2D eigenvalue weighted by Crippen LogP contribution is 2.34. The molecule has 10 heteroatoms. The number of fused-ring (bicyclic) bond motifs is 1. The smallest absolute Gasteiger partial charge is 0.416 e. The van der Waals surface area contributed by atoms with Crippen molar-refractivity contribution >= 4 is 39.9 Å². The molecule has 5 nitrogen and oxygen atoms in total. The van der Waals surface area contributed by atoms with Crippen molar-refractivity contribution in [1.29, 1.82) is 0 Å². The number of pyridine rings is 1. The van der Waals surface area contributed by atoms with Crippen molar-refractivity contribution in [2.45, 2.75) is 20.0 Å². The van der Waals surface area contributed by atoms with Crippen LogP contribution in [0.15, 0.2) is 60.8 Å². The van der Waals surface area contributed by atoms with Crippen LogP contribution in [0.1, 0.15) is 27.0 Å². The van der Waals surface area contributed by atoms with Crippen LogP contribution < -0.4 is 10.1 Å². The van der Waals surface area contributed by atoms with Gasteiger partial charge in [0.2, 0.25) is 0 Å². The van der Waals surface area contributed by atoms with Crippen LogP contribution in [0, 0.1) is 19.7 Å². The maximum atomic E-state index is 14.8. The monoisotopic (exact) mass is 516 g/mol. The van der Waals surface area contributed by atoms with Crippen molar-refractivity contribution in [3.8, 4) is 11.5 Å². The minimum Gasteiger partial charge on any atom is -0.456 e. The molecule has 0 radical (unpaired) electrons. The van der Waals surface area contributed by atoms with Crippen molar-refractivity contribution in [3.63, 3.8) is 0 Å². The Kier molecular flexibility index (Phi) is 6.69. The van der Waals surface area contributed by atoms with E-state index >= 15 is 0 Å². The number of nitrogens with one attached hydrogen (secondary N) is 1. The van der Waals surface area contributed by atoms with Crippen LogP contribution in [-0.4, -0.2) is 16.7 Å². The summed E-state index contributed by atoms with van der Waals surface area (Å²) >= 11 is 5.68. The lowest BCUT2D eigenvalue weighted by Crippen LogP contribution is -2.24. The summed E-state index contributed by atoms with van der Waals surface area (Å²) in [5.41, 5.74) is 0.702. The Morgan fingerprint density at radius 1 is 0.972 bits per heavy atom. The van der Waals surface area contributed by atoms with Crippen LogP contribution in [-0.2, 0) is 11.0 Å². The van der Waals surface area contributed by atoms with E-state index in [2.05, 4.69) is 4.98 Å². The minimum absolute atomic E-state index is 0.0693. The fourth-order valence-corrected chi connectivity index (χ4v) is 3.71. The number of hydrogen-bond acceptors (Lipinski definition) is 4. The number of anilines is 1. The third-order valence-corrected chi connectivity index (χ3v) is 5.64. The first-order valence-electron chi connectivity index (χ1n) is 10.5. The number of amides is 1. The summed E-state index contributed by atoms with van der Waals surface area (Å²) < 4.78 is 59.5. The maximum Gasteiger partial charge on any atom is 0.416 e. The SMILES string of the molecule is Cc1cc2nccc(Oc3ccc(C(=O)C(=O)Nc4cc(Cl)cc(C(F)(F)F)c4)c(F)c3)c2cc1C. The second kappa shape index (κ2) is 9.58. The summed E-state index contributed by atoms with van der Waals surface area (Å²) in [7, 11) is 0. The Morgan fingerprint density at radius 2 is 1.69 bits per heavy atom. The van der Waals surface area contributed by atoms with Crippen molar-refractivity contribution in [2.75, 3.05) is 5.32 Å². The topological polar surface area (TPSA) is 68.3 Å². The number of carbonyl (C=O) groups excluding carboxylic acids is 2. The molecule has 3 aromatic carbocycles. The van der Waals surface area contributed by atoms with Crippen LogP contribution in [0.4, 0.5) is 23.2 Å². The lowest BCUT2D eigenvalue weighted by Gasteiger charge is -2.12. The third-order valence-electron chi connectivity index (χ3n) is 5.42. The van der Waals surface area contributed by atoms with E-state index in [9.17, 15) is 27.2 Å². The lowest BCUT2D eigenvalue weighted by molar-refractivity contribution is -0.137. The molecule has 184 valence electrons. The van der Waals surface area contributed by atoms with E-state index in [-0.39, 0.29) is 16.5 Å². The Labute approximate surface area is 207 Å². The van der Waals surface area contributed by atoms with E-state index in [1.54, 1.807) is 12.3 Å². The average Bonchev–Trinajstić information content (AvgIpc) is 2.79. The highest BCUT2D eigenvalue weighted by atomic mass is 35.5. The van der Waals surface area contributed by atoms with Gasteiger partial charge in [0.1, 0.15) is 17.3 Å². The number of benzene rings is 3. The number of aromatic nitrogens is 1. The second-order valence-corrected chi connectivity index (χ2v) is 8.45. The summed E-state index contributed by atoms with van der Waals surface area (Å²) in [6, 6.07) is 11.0. The number of hydrogen-bond donors (Lipinski definition) is 1. The molecule has 0 atom stereocenters. The van der Waals surface area contributed by atoms with Crippen LogP contribution >= 0.6 is 11.6 Å². The highest BCUT2D eigenvalue weighted by Gasteiger charge is 2.31. The average molecular weight is 517 g/mol. The Bertz CT molecular complexity index is 1520. The number of alkyl halides is 3. The summed E-state index contributed by atoms with van der Waals surface area (Å²) in [5.74, 6) is -3.17. The number of rotatable bonds is 5. The molecule has 1 heterocycles. The van der Waals surface area contributed by atoms with Crippen molar-refractivity contribution in [2.24, 2.45) is 0 Å². The van der Waals surface area contributed by atoms with Crippen molar-refractivity contribution < 1.29 is 31.9 Å². The molecule has 0 saturated heterocycles. The highest BCUT2D eigenvalue weighted by molar-refractivity contribution is 6.46. The fourth-order valence-electron chi connectivity index (χ4n) is 3.48. The van der Waals surface area contributed by atoms with Gasteiger partial charge in [-0.05, 0) is 73.5 Å². The van der Waals surface area contributed by atoms with Gasteiger partial charge in [-0.2, -0.15) is 13.2 Å². The Morgan fingerprint density at radius 3 is 2.39 bits per heavy atom. The van der Waals surface area contributed by atoms with Gasteiger partial charge in [0.05, 0.1) is 16.6 Å². The molecule has 0 aliphatic heterocycles. The van der Waals surface area contributed by atoms with Crippen LogP contribution in [0.3, 0.4) is 0 Å². The second-order valence-electron chi connectivity index (χ2n) is 8.02. The van der Waals surface area contributed by atoms with Gasteiger partial charge in [-0.15, -0.1) is 0 Å². The van der Waals surface area contributed by atoms with Gasteiger partial charge in [0.15, 0.2) is 0 Å². The molecule has 0 aliphatic carbocycles. The molecular weight excluding hydrogens is 500 g/mol. The maximum absolute atomic E-state index is 14.8. The van der Waals surface area contributed by atoms with Crippen LogP contribution in [0.2, 0.25) is 5.02 Å². The molecule has 0 fully saturated rings. The molecule has 4 aromatic rings. The largest absolute Gasteiger partial charge is 0.456 e. The van der Waals surface area contributed by atoms with Gasteiger partial charge in [-0.25, -0.2) is 4.39 Å². The summed E-state index contributed by atoms with van der Waals surface area (Å²) in [4.78, 5) is 29.1. The Hall–Kier alpha value is -3.98. The van der Waals surface area contributed by atoms with E-state index in [1.807, 2.05) is 31.3 Å². The summed E-state index contributed by atoms with van der Waals surface area (Å²) in [6.07, 6.45) is -3.17. The molecule has 0 spiro atoms. The molecule has 36 heavy (non-hydrogen) atoms. The van der Waals surface area contributed by atoms with Gasteiger partial charge in [0, 0.05) is 28.4 Å². The van der Waals surface area contributed by atoms with E-state index in [0.29, 0.717) is 28.8 Å². The molecule has 0 unspecified atom stereocenters. The summed E-state index contributed by atoms with van der Waals surface area (Å²) in [6.45, 7) is 3.89. The number of halogens is 5. The standard InChI is InChI=1S/C26H17ClF4N2O3/c1-13-7-20-22(8-14(13)2)32-6-5-23(20)36-18-3-4-19(21(28)12-18)24(34)25(35)33-17-10-15(26(29,30)31)9-16(27)11-17/h3-12H,1-2H3,(H,33,35). The van der Waals surface area contributed by atoms with Crippen molar-refractivity contribution in [1.82, 2.24) is 4.98 Å². The van der Waals surface area contributed by atoms with E-state index in [0.717, 1.165) is 29.3 Å². The van der Waals surface area contributed by atoms with Crippen molar-refractivity contribution in [3.05, 3.63) is 93.9 Å². The van der Waals surface area contributed by atoms with E-state index in [4.69, 9.17) is 16.3 Å². The van der Waals surface area contributed by atoms with E-state index < -0.39 is 34.8 Å². The van der Waals surface area contributed by atoms with Gasteiger partial charge in [-0.1, -0.05) is 11.6 Å². The first-order valence-corrected chi connectivity index (χ1v) is 10.9. The predicted molar refractivity (Wildman–Crippen MR) is 127 cm³/mol. The molecule has 0 aliphatic rings. The lowest BCUT2D eigenvalue weighted by atomic mass is 10.1. The molecule has 1 N–H and O–H groups in total. The molecule has 1 amide bonds. The van der Waals surface area contributed by atoms with Crippen LogP contribution in [0.25, 0.3) is 10.9 Å². The first-order chi connectivity index (χ1) is 16.9. The molecule has 0 saturated carbocycles. The number of aryl methyl sites for hydroxylation is 2. The van der Waals surface area contributed by atoms with E-state index in [1.165, 1.54) is 6.07 Å². The zero-order chi connectivity index (χ0) is 26.2. The molecule has 1 aromatic heterocycles. The molecular formula is C26H17ClF4N2O3. The number of Topliss-reactive ketones (excluding diaryl/α,β-unsaturated/α-hetero) is 1. The summed E-state index contributed by atoms with van der Waals surface area (Å²) in [5, 5.41) is 2.44. The van der Waals surface area contributed by atoms with Gasteiger partial charge >= 0.3 is 6.18 Å². The normalized spacial score (nSPS) is 11.4. The number of nitrogens with zero attached hydrogens (tertiary/aromatic N) is 1. The third kappa shape index (κ3) is 5.31. The fraction of sp³-hybridized carbons (Fsp3) is 0.115. The van der Waals surface area contributed by atoms with Gasteiger partial charge < -0.3 is 10.1 Å². The predicted octanol–water partition coefficient (Wildman–Crippen LogP) is 7.28. The van der Waals surface area contributed by atoms with Gasteiger partial charge in [-0.3, -0.25) is 14.6 Å². The number of ether oxygens (including phenoxy) is 1. The zero-order valence-electron chi connectivity index (χ0n) is 18.8. The quantitative estimate of drug-likeness (QED) is 0.172. The van der Waals surface area contributed by atoms with Crippen LogP contribution in [0.5, 0.6) is 11.5 Å². The van der Waals surface area contributed by atoms with Gasteiger partial charge in [0.25, 0.3) is 11.7 Å². The molecule has 0 bridgehead atoms. The Balaban J connectivity index is 1.55. The zero-order valence-corrected chi connectivity index (χ0v) is 19.6.